The second-order valence-electron chi connectivity index (χ2n) is 7.59. The summed E-state index contributed by atoms with van der Waals surface area (Å²) in [5.74, 6) is 0.261. The van der Waals surface area contributed by atoms with Crippen LogP contribution in [0.1, 0.15) is 17.2 Å². The monoisotopic (exact) mass is 439 g/mol. The van der Waals surface area contributed by atoms with E-state index in [1.165, 1.54) is 0 Å². The van der Waals surface area contributed by atoms with Crippen LogP contribution in [0, 0.1) is 5.92 Å². The Hall–Kier alpha value is -4.53. The first-order chi connectivity index (χ1) is 16.2. The third kappa shape index (κ3) is 4.29. The highest BCUT2D eigenvalue weighted by atomic mass is 16.5. The predicted molar refractivity (Wildman–Crippen MR) is 122 cm³/mol. The fourth-order valence-electron chi connectivity index (χ4n) is 3.81. The average Bonchev–Trinajstić information content (AvgIpc) is 3.31. The van der Waals surface area contributed by atoms with Gasteiger partial charge in [-0.05, 0) is 45.8 Å². The molecular weight excluding hydrogens is 418 g/mol. The average molecular weight is 439 g/mol. The molecule has 9 heteroatoms. The molecule has 3 heterocycles. The third-order valence-electron chi connectivity index (χ3n) is 5.40. The number of nitrogens with zero attached hydrogens (tertiary/aromatic N) is 5. The Balaban J connectivity index is 1.41. The molecule has 2 aromatic carbocycles. The maximum absolute atomic E-state index is 13.3. The molecule has 5 rings (SSSR count). The summed E-state index contributed by atoms with van der Waals surface area (Å²) >= 11 is 0. The van der Waals surface area contributed by atoms with Gasteiger partial charge in [-0.1, -0.05) is 54.1 Å². The van der Waals surface area contributed by atoms with Crippen molar-refractivity contribution in [3.05, 3.63) is 103 Å². The van der Waals surface area contributed by atoms with Gasteiger partial charge in [-0.3, -0.25) is 9.78 Å². The summed E-state index contributed by atoms with van der Waals surface area (Å²) in [5.41, 5.74) is 3.04. The lowest BCUT2D eigenvalue weighted by Crippen LogP contribution is -2.39. The minimum absolute atomic E-state index is 0.240. The summed E-state index contributed by atoms with van der Waals surface area (Å²) in [6, 6.07) is 20.6. The zero-order valence-electron chi connectivity index (χ0n) is 17.6. The van der Waals surface area contributed by atoms with Gasteiger partial charge in [0, 0.05) is 11.9 Å². The molecule has 164 valence electrons. The molecule has 4 aromatic rings. The fraction of sp³-hybridized carbons (Fsp3) is 0.125. The van der Waals surface area contributed by atoms with Crippen molar-refractivity contribution < 1.29 is 9.53 Å². The number of hydrogen-bond donors (Lipinski definition) is 2. The summed E-state index contributed by atoms with van der Waals surface area (Å²) in [6.07, 6.45) is 3.24. The Bertz CT molecular complexity index is 1260. The summed E-state index contributed by atoms with van der Waals surface area (Å²) in [4.78, 5) is 17.3. The molecule has 0 fully saturated rings. The van der Waals surface area contributed by atoms with Crippen LogP contribution in [0.2, 0.25) is 0 Å². The van der Waals surface area contributed by atoms with Gasteiger partial charge in [0.1, 0.15) is 18.3 Å². The van der Waals surface area contributed by atoms with Crippen molar-refractivity contribution in [2.75, 3.05) is 10.6 Å². The number of anilines is 2. The molecule has 0 saturated heterocycles. The fourth-order valence-corrected chi connectivity index (χ4v) is 3.81. The van der Waals surface area contributed by atoms with E-state index in [1.807, 2.05) is 54.6 Å². The third-order valence-corrected chi connectivity index (χ3v) is 5.40. The van der Waals surface area contributed by atoms with Crippen molar-refractivity contribution in [1.29, 1.82) is 0 Å². The normalized spacial score (nSPS) is 17.0. The highest BCUT2D eigenvalue weighted by molar-refractivity contribution is 5.95. The Kier molecular flexibility index (Phi) is 5.50. The van der Waals surface area contributed by atoms with Gasteiger partial charge in [-0.15, -0.1) is 0 Å². The lowest BCUT2D eigenvalue weighted by molar-refractivity contribution is -0.119. The number of amides is 1. The van der Waals surface area contributed by atoms with Crippen LogP contribution in [0.15, 0.2) is 91.4 Å². The molecule has 1 aliphatic heterocycles. The van der Waals surface area contributed by atoms with Crippen LogP contribution in [0.3, 0.4) is 0 Å². The highest BCUT2D eigenvalue weighted by Crippen LogP contribution is 2.38. The molecule has 2 atom stereocenters. The van der Waals surface area contributed by atoms with E-state index in [2.05, 4.69) is 37.7 Å². The van der Waals surface area contributed by atoms with Gasteiger partial charge >= 0.3 is 0 Å². The van der Waals surface area contributed by atoms with Gasteiger partial charge in [-0.25, -0.2) is 4.68 Å². The van der Waals surface area contributed by atoms with E-state index >= 15 is 0 Å². The first kappa shape index (κ1) is 20.4. The Morgan fingerprint density at radius 3 is 2.67 bits per heavy atom. The predicted octanol–water partition coefficient (Wildman–Crippen LogP) is 3.43. The van der Waals surface area contributed by atoms with Gasteiger partial charge in [0.2, 0.25) is 11.9 Å². The summed E-state index contributed by atoms with van der Waals surface area (Å²) < 4.78 is 7.50. The second-order valence-corrected chi connectivity index (χ2v) is 7.59. The van der Waals surface area contributed by atoms with Crippen LogP contribution in [0.5, 0.6) is 5.75 Å². The molecule has 2 aromatic heterocycles. The highest BCUT2D eigenvalue weighted by Gasteiger charge is 2.40. The zero-order valence-corrected chi connectivity index (χ0v) is 17.6. The van der Waals surface area contributed by atoms with Gasteiger partial charge in [0.05, 0.1) is 17.9 Å². The zero-order chi connectivity index (χ0) is 22.6. The number of fused-ring (bicyclic) bond motifs is 1. The smallest absolute Gasteiger partial charge is 0.247 e. The van der Waals surface area contributed by atoms with E-state index in [-0.39, 0.29) is 5.91 Å². The van der Waals surface area contributed by atoms with E-state index in [0.717, 1.165) is 16.9 Å². The number of pyridine rings is 1. The molecule has 0 spiro atoms. The maximum Gasteiger partial charge on any atom is 0.247 e. The second kappa shape index (κ2) is 8.91. The van der Waals surface area contributed by atoms with Crippen molar-refractivity contribution in [3.8, 4) is 5.75 Å². The van der Waals surface area contributed by atoms with Gasteiger partial charge in [0.25, 0.3) is 0 Å². The maximum atomic E-state index is 13.3. The molecule has 33 heavy (non-hydrogen) atoms. The number of aromatic nitrogens is 5. The van der Waals surface area contributed by atoms with Crippen LogP contribution in [0.4, 0.5) is 11.6 Å². The van der Waals surface area contributed by atoms with Crippen molar-refractivity contribution in [1.82, 2.24) is 25.2 Å². The van der Waals surface area contributed by atoms with E-state index in [0.29, 0.717) is 23.9 Å². The number of carbonyl (C=O) groups excluding carboxylic acids is 1. The van der Waals surface area contributed by atoms with Crippen LogP contribution < -0.4 is 15.4 Å². The molecule has 0 bridgehead atoms. The van der Waals surface area contributed by atoms with Crippen LogP contribution in [-0.2, 0) is 11.4 Å². The number of rotatable bonds is 6. The lowest BCUT2D eigenvalue weighted by atomic mass is 9.88. The van der Waals surface area contributed by atoms with Crippen LogP contribution in [0.25, 0.3) is 0 Å². The van der Waals surface area contributed by atoms with Crippen molar-refractivity contribution >= 4 is 17.5 Å². The lowest BCUT2D eigenvalue weighted by Gasteiger charge is -2.33. The SMILES string of the molecule is C=C1Nc2nnnn2C(c2ccc(OCc3ccccc3)cc2)C1C(=O)Nc1cccnc1. The minimum Gasteiger partial charge on any atom is -0.489 e. The standard InChI is InChI=1S/C24H21N7O2/c1-16-21(23(32)27-19-8-5-13-25-14-19)22(31-24(26-16)28-29-30-31)18-9-11-20(12-10-18)33-15-17-6-3-2-4-7-17/h2-14,21-22H,1,15H2,(H,27,32)(H,26,28,30). The Morgan fingerprint density at radius 2 is 1.91 bits per heavy atom. The molecule has 9 nitrogen and oxygen atoms in total. The topological polar surface area (TPSA) is 107 Å². The molecule has 1 amide bonds. The van der Waals surface area contributed by atoms with E-state index in [9.17, 15) is 4.79 Å². The van der Waals surface area contributed by atoms with E-state index in [4.69, 9.17) is 4.74 Å². The summed E-state index contributed by atoms with van der Waals surface area (Å²) in [7, 11) is 0. The number of carbonyl (C=O) groups is 1. The minimum atomic E-state index is -0.655. The van der Waals surface area contributed by atoms with E-state index in [1.54, 1.807) is 29.2 Å². The van der Waals surface area contributed by atoms with Crippen molar-refractivity contribution in [3.63, 3.8) is 0 Å². The van der Waals surface area contributed by atoms with Crippen LogP contribution in [-0.4, -0.2) is 31.1 Å². The number of tetrazole rings is 1. The molecule has 2 unspecified atom stereocenters. The van der Waals surface area contributed by atoms with Gasteiger partial charge in [0.15, 0.2) is 0 Å². The number of benzene rings is 2. The van der Waals surface area contributed by atoms with Crippen LogP contribution >= 0.6 is 0 Å². The quantitative estimate of drug-likeness (QED) is 0.474. The largest absolute Gasteiger partial charge is 0.489 e. The first-order valence-corrected chi connectivity index (χ1v) is 10.4. The molecule has 2 N–H and O–H groups in total. The first-order valence-electron chi connectivity index (χ1n) is 10.4. The Labute approximate surface area is 190 Å². The Morgan fingerprint density at radius 1 is 1.09 bits per heavy atom. The van der Waals surface area contributed by atoms with Gasteiger partial charge < -0.3 is 15.4 Å². The molecule has 0 radical (unpaired) electrons. The molecule has 0 saturated carbocycles. The van der Waals surface area contributed by atoms with E-state index < -0.39 is 12.0 Å². The number of hydrogen-bond acceptors (Lipinski definition) is 7. The van der Waals surface area contributed by atoms with Gasteiger partial charge in [-0.2, -0.15) is 0 Å². The number of ether oxygens (including phenoxy) is 1. The van der Waals surface area contributed by atoms with Crippen molar-refractivity contribution in [2.24, 2.45) is 5.92 Å². The number of nitrogens with one attached hydrogen (secondary N) is 2. The summed E-state index contributed by atoms with van der Waals surface area (Å²) in [6.45, 7) is 4.54. The van der Waals surface area contributed by atoms with Crippen molar-refractivity contribution in [2.45, 2.75) is 12.6 Å². The molecule has 0 aliphatic carbocycles. The summed E-state index contributed by atoms with van der Waals surface area (Å²) in [5, 5.41) is 17.8. The molecular formula is C24H21N7O2. The molecule has 1 aliphatic rings.